The lowest BCUT2D eigenvalue weighted by atomic mass is 10.2. The highest BCUT2D eigenvalue weighted by Crippen LogP contribution is 2.21. The number of sulfonamides is 1. The Morgan fingerprint density at radius 3 is 2.21 bits per heavy atom. The van der Waals surface area contributed by atoms with Gasteiger partial charge in [-0.1, -0.05) is 29.3 Å². The van der Waals surface area contributed by atoms with E-state index in [4.69, 9.17) is 11.6 Å². The number of rotatable bonds is 5. The van der Waals surface area contributed by atoms with Gasteiger partial charge in [0.05, 0.1) is 4.90 Å². The highest BCUT2D eigenvalue weighted by Gasteiger charge is 2.35. The smallest absolute Gasteiger partial charge is 0.325 e. The van der Waals surface area contributed by atoms with E-state index in [1.54, 1.807) is 36.4 Å². The third kappa shape index (κ3) is 5.07. The number of hydrogen-bond acceptors (Lipinski definition) is 4. The topological polar surface area (TPSA) is 86.8 Å². The second-order valence-electron chi connectivity index (χ2n) is 6.86. The Morgan fingerprint density at radius 1 is 1.03 bits per heavy atom. The van der Waals surface area contributed by atoms with Crippen molar-refractivity contribution in [3.8, 4) is 0 Å². The fourth-order valence-electron chi connectivity index (χ4n) is 3.02. The van der Waals surface area contributed by atoms with Gasteiger partial charge in [0.1, 0.15) is 6.54 Å². The molecule has 154 valence electrons. The lowest BCUT2D eigenvalue weighted by molar-refractivity contribution is -0.116. The molecule has 1 aliphatic rings. The summed E-state index contributed by atoms with van der Waals surface area (Å²) in [7, 11) is -4.19. The van der Waals surface area contributed by atoms with Crippen LogP contribution < -0.4 is 5.32 Å². The van der Waals surface area contributed by atoms with Crippen LogP contribution in [0, 0.1) is 6.92 Å². The number of benzene rings is 2. The molecule has 1 saturated heterocycles. The summed E-state index contributed by atoms with van der Waals surface area (Å²) in [4.78, 5) is 26.9. The monoisotopic (exact) mass is 435 g/mol. The van der Waals surface area contributed by atoms with Crippen LogP contribution in [0.15, 0.2) is 53.4 Å². The number of aryl methyl sites for hydroxylation is 1. The zero-order chi connectivity index (χ0) is 21.0. The summed E-state index contributed by atoms with van der Waals surface area (Å²) in [5, 5.41) is 3.11. The third-order valence-electron chi connectivity index (χ3n) is 4.61. The van der Waals surface area contributed by atoms with Gasteiger partial charge in [0.2, 0.25) is 5.91 Å². The lowest BCUT2D eigenvalue weighted by Crippen LogP contribution is -2.48. The number of nitrogens with one attached hydrogen (secondary N) is 1. The first-order chi connectivity index (χ1) is 13.8. The number of carbonyl (C=O) groups is 2. The maximum Gasteiger partial charge on any atom is 0.334 e. The van der Waals surface area contributed by atoms with Crippen LogP contribution >= 0.6 is 11.6 Å². The Bertz CT molecular complexity index is 985. The summed E-state index contributed by atoms with van der Waals surface area (Å²) in [6, 6.07) is 11.9. The van der Waals surface area contributed by atoms with Crippen LogP contribution in [0.3, 0.4) is 0 Å². The van der Waals surface area contributed by atoms with Gasteiger partial charge >= 0.3 is 6.03 Å². The Kier molecular flexibility index (Phi) is 6.44. The van der Waals surface area contributed by atoms with Gasteiger partial charge < -0.3 is 10.2 Å². The number of halogens is 1. The van der Waals surface area contributed by atoms with Crippen molar-refractivity contribution >= 4 is 39.2 Å². The molecule has 1 heterocycles. The number of anilines is 1. The van der Waals surface area contributed by atoms with Crippen LogP contribution in [0.4, 0.5) is 10.5 Å². The standard InChI is InChI=1S/C20H22ClN3O4S/c1-15-4-10-18(11-5-15)29(27,28)24(20(26)23-12-2-3-13-23)14-19(25)22-17-8-6-16(21)7-9-17/h4-11H,2-3,12-14H2,1H3,(H,22,25). The molecule has 0 aromatic heterocycles. The molecule has 0 unspecified atom stereocenters. The van der Waals surface area contributed by atoms with Gasteiger partial charge in [0, 0.05) is 23.8 Å². The summed E-state index contributed by atoms with van der Waals surface area (Å²) < 4.78 is 27.0. The zero-order valence-corrected chi connectivity index (χ0v) is 17.5. The molecule has 3 rings (SSSR count). The van der Waals surface area contributed by atoms with Crippen LogP contribution in [0.25, 0.3) is 0 Å². The Labute approximate surface area is 175 Å². The summed E-state index contributed by atoms with van der Waals surface area (Å²) in [6.07, 6.45) is 1.61. The van der Waals surface area contributed by atoms with Crippen LogP contribution in [0.2, 0.25) is 5.02 Å². The zero-order valence-electron chi connectivity index (χ0n) is 16.0. The van der Waals surface area contributed by atoms with E-state index >= 15 is 0 Å². The summed E-state index contributed by atoms with van der Waals surface area (Å²) in [5.41, 5.74) is 1.35. The number of carbonyl (C=O) groups excluding carboxylic acids is 2. The fourth-order valence-corrected chi connectivity index (χ4v) is 4.49. The van der Waals surface area contributed by atoms with Crippen LogP contribution in [-0.2, 0) is 14.8 Å². The first kappa shape index (κ1) is 21.1. The highest BCUT2D eigenvalue weighted by molar-refractivity contribution is 7.89. The molecule has 0 spiro atoms. The van der Waals surface area contributed by atoms with Crippen molar-refractivity contribution in [1.82, 2.24) is 9.21 Å². The van der Waals surface area contributed by atoms with Crippen molar-refractivity contribution in [2.75, 3.05) is 25.0 Å². The molecule has 2 aromatic rings. The first-order valence-electron chi connectivity index (χ1n) is 9.21. The average Bonchev–Trinajstić information content (AvgIpc) is 3.22. The normalized spacial score (nSPS) is 13.9. The molecule has 1 N–H and O–H groups in total. The number of hydrogen-bond donors (Lipinski definition) is 1. The Balaban J connectivity index is 1.86. The molecule has 0 atom stereocenters. The lowest BCUT2D eigenvalue weighted by Gasteiger charge is -2.27. The molecule has 0 saturated carbocycles. The quantitative estimate of drug-likeness (QED) is 0.778. The minimum absolute atomic E-state index is 0.0325. The van der Waals surface area contributed by atoms with Gasteiger partial charge in [0.25, 0.3) is 10.0 Å². The summed E-state index contributed by atoms with van der Waals surface area (Å²) >= 11 is 5.84. The maximum absolute atomic E-state index is 13.2. The predicted octanol–water partition coefficient (Wildman–Crippen LogP) is 3.49. The third-order valence-corrected chi connectivity index (χ3v) is 6.60. The van der Waals surface area contributed by atoms with E-state index < -0.39 is 28.5 Å². The van der Waals surface area contributed by atoms with Crippen molar-refractivity contribution in [2.24, 2.45) is 0 Å². The molecular formula is C20H22ClN3O4S. The van der Waals surface area contributed by atoms with E-state index in [2.05, 4.69) is 5.32 Å². The molecule has 9 heteroatoms. The molecule has 29 heavy (non-hydrogen) atoms. The molecule has 0 bridgehead atoms. The van der Waals surface area contributed by atoms with E-state index in [1.807, 2.05) is 6.92 Å². The molecule has 0 aliphatic carbocycles. The number of nitrogens with zero attached hydrogens (tertiary/aromatic N) is 2. The van der Waals surface area contributed by atoms with Gasteiger partial charge in [-0.25, -0.2) is 17.5 Å². The number of amides is 3. The molecule has 3 amide bonds. The van der Waals surface area contributed by atoms with Crippen LogP contribution in [-0.4, -0.2) is 49.2 Å². The van der Waals surface area contributed by atoms with Crippen molar-refractivity contribution in [1.29, 1.82) is 0 Å². The second kappa shape index (κ2) is 8.84. The van der Waals surface area contributed by atoms with E-state index in [-0.39, 0.29) is 4.90 Å². The van der Waals surface area contributed by atoms with E-state index in [0.717, 1.165) is 18.4 Å². The van der Waals surface area contributed by atoms with Crippen molar-refractivity contribution in [3.05, 3.63) is 59.1 Å². The van der Waals surface area contributed by atoms with E-state index in [0.29, 0.717) is 28.1 Å². The molecule has 1 fully saturated rings. The molecule has 2 aromatic carbocycles. The van der Waals surface area contributed by atoms with Gasteiger partial charge in [-0.05, 0) is 56.2 Å². The molecule has 1 aliphatic heterocycles. The van der Waals surface area contributed by atoms with Crippen molar-refractivity contribution in [3.63, 3.8) is 0 Å². The van der Waals surface area contributed by atoms with E-state index in [9.17, 15) is 18.0 Å². The fraction of sp³-hybridized carbons (Fsp3) is 0.300. The minimum atomic E-state index is -4.19. The number of urea groups is 1. The van der Waals surface area contributed by atoms with E-state index in [1.165, 1.54) is 17.0 Å². The average molecular weight is 436 g/mol. The minimum Gasteiger partial charge on any atom is -0.325 e. The predicted molar refractivity (Wildman–Crippen MR) is 111 cm³/mol. The highest BCUT2D eigenvalue weighted by atomic mass is 35.5. The first-order valence-corrected chi connectivity index (χ1v) is 11.0. The molecular weight excluding hydrogens is 414 g/mol. The summed E-state index contributed by atoms with van der Waals surface area (Å²) in [5.74, 6) is -0.615. The molecule has 7 nitrogen and oxygen atoms in total. The van der Waals surface area contributed by atoms with Crippen LogP contribution in [0.5, 0.6) is 0 Å². The van der Waals surface area contributed by atoms with Crippen LogP contribution in [0.1, 0.15) is 18.4 Å². The largest absolute Gasteiger partial charge is 0.334 e. The number of likely N-dealkylation sites (tertiary alicyclic amines) is 1. The van der Waals surface area contributed by atoms with Gasteiger partial charge in [-0.15, -0.1) is 0 Å². The van der Waals surface area contributed by atoms with Gasteiger partial charge in [0.15, 0.2) is 0 Å². The maximum atomic E-state index is 13.2. The van der Waals surface area contributed by atoms with Gasteiger partial charge in [-0.3, -0.25) is 4.79 Å². The SMILES string of the molecule is Cc1ccc(S(=O)(=O)N(CC(=O)Nc2ccc(Cl)cc2)C(=O)N2CCCC2)cc1. The second-order valence-corrected chi connectivity index (χ2v) is 9.16. The van der Waals surface area contributed by atoms with Crippen molar-refractivity contribution < 1.29 is 18.0 Å². The Morgan fingerprint density at radius 2 is 1.62 bits per heavy atom. The molecule has 0 radical (unpaired) electrons. The van der Waals surface area contributed by atoms with Gasteiger partial charge in [-0.2, -0.15) is 0 Å². The van der Waals surface area contributed by atoms with Crippen molar-refractivity contribution in [2.45, 2.75) is 24.7 Å². The Hall–Kier alpha value is -2.58. The summed E-state index contributed by atoms with van der Waals surface area (Å²) in [6.45, 7) is 2.16.